The van der Waals surface area contributed by atoms with Crippen LogP contribution in [-0.2, 0) is 0 Å². The van der Waals surface area contributed by atoms with Gasteiger partial charge in [-0.1, -0.05) is 12.2 Å². The zero-order valence-electron chi connectivity index (χ0n) is 13.5. The highest BCUT2D eigenvalue weighted by molar-refractivity contribution is 9.13. The predicted molar refractivity (Wildman–Crippen MR) is 105 cm³/mol. The number of hydrogen-bond acceptors (Lipinski definition) is 6. The lowest BCUT2D eigenvalue weighted by atomic mass is 10.3. The molecule has 0 saturated carbocycles. The molecule has 26 heavy (non-hydrogen) atoms. The van der Waals surface area contributed by atoms with Crippen molar-refractivity contribution < 1.29 is 18.7 Å². The van der Waals surface area contributed by atoms with Crippen molar-refractivity contribution in [3.8, 4) is 5.75 Å². The van der Waals surface area contributed by atoms with Gasteiger partial charge in [0.25, 0.3) is 11.8 Å². The van der Waals surface area contributed by atoms with Crippen LogP contribution in [0.5, 0.6) is 5.75 Å². The minimum absolute atomic E-state index is 0.0293. The van der Waals surface area contributed by atoms with E-state index in [9.17, 15) is 14.4 Å². The lowest BCUT2D eigenvalue weighted by molar-refractivity contribution is 0.0925. The van der Waals surface area contributed by atoms with Gasteiger partial charge in [0.1, 0.15) is 11.1 Å². The van der Waals surface area contributed by atoms with Crippen molar-refractivity contribution in [3.05, 3.63) is 59.7 Å². The van der Waals surface area contributed by atoms with Gasteiger partial charge in [0.05, 0.1) is 11.6 Å². The molecular formula is C16H14Br2N2O5S. The molecule has 0 aliphatic rings. The van der Waals surface area contributed by atoms with Crippen LogP contribution in [0.4, 0.5) is 0 Å². The second kappa shape index (κ2) is 9.70. The molecule has 2 aromatic heterocycles. The molecule has 0 aromatic carbocycles. The Morgan fingerprint density at radius 3 is 2.42 bits per heavy atom. The second-order valence-corrected chi connectivity index (χ2v) is 7.32. The lowest BCUT2D eigenvalue weighted by Crippen LogP contribution is -2.25. The number of rotatable bonds is 7. The fourth-order valence-corrected chi connectivity index (χ4v) is 3.85. The van der Waals surface area contributed by atoms with Gasteiger partial charge in [-0.2, -0.15) is 0 Å². The van der Waals surface area contributed by atoms with Gasteiger partial charge < -0.3 is 19.8 Å². The van der Waals surface area contributed by atoms with Gasteiger partial charge in [0.2, 0.25) is 11.2 Å². The summed E-state index contributed by atoms with van der Waals surface area (Å²) in [6, 6.07) is 1.06. The zero-order chi connectivity index (χ0) is 19.1. The number of carbonyl (C=O) groups is 2. The molecule has 2 rings (SSSR count). The van der Waals surface area contributed by atoms with Crippen LogP contribution in [0.1, 0.15) is 20.2 Å². The Bertz CT molecular complexity index is 891. The normalized spacial score (nSPS) is 10.7. The van der Waals surface area contributed by atoms with Gasteiger partial charge >= 0.3 is 0 Å². The third-order valence-electron chi connectivity index (χ3n) is 3.06. The van der Waals surface area contributed by atoms with Crippen LogP contribution in [0.2, 0.25) is 0 Å². The molecule has 0 spiro atoms. The predicted octanol–water partition coefficient (Wildman–Crippen LogP) is 2.95. The van der Waals surface area contributed by atoms with E-state index in [0.717, 1.165) is 21.3 Å². The number of nitrogens with one attached hydrogen (secondary N) is 2. The summed E-state index contributed by atoms with van der Waals surface area (Å²) in [7, 11) is 1.34. The van der Waals surface area contributed by atoms with Crippen LogP contribution in [0, 0.1) is 0 Å². The molecule has 0 aliphatic carbocycles. The summed E-state index contributed by atoms with van der Waals surface area (Å²) in [5.41, 5.74) is -0.437. The van der Waals surface area contributed by atoms with Crippen molar-refractivity contribution in [2.75, 3.05) is 20.2 Å². The van der Waals surface area contributed by atoms with E-state index in [1.54, 1.807) is 12.2 Å². The Kier molecular flexibility index (Phi) is 7.61. The average Bonchev–Trinajstić information content (AvgIpc) is 2.96. The third-order valence-corrected chi connectivity index (χ3v) is 6.59. The minimum atomic E-state index is -0.522. The number of ether oxygens (including phenoxy) is 1. The largest absolute Gasteiger partial charge is 0.490 e. The Balaban J connectivity index is 1.76. The van der Waals surface area contributed by atoms with Crippen LogP contribution in [0.25, 0.3) is 0 Å². The van der Waals surface area contributed by atoms with E-state index in [-0.39, 0.29) is 24.0 Å². The quantitative estimate of drug-likeness (QED) is 0.564. The fraction of sp³-hybridized carbons (Fsp3) is 0.188. The van der Waals surface area contributed by atoms with Gasteiger partial charge in [-0.15, -0.1) is 11.3 Å². The van der Waals surface area contributed by atoms with Crippen LogP contribution < -0.4 is 20.8 Å². The molecule has 0 aliphatic heterocycles. The van der Waals surface area contributed by atoms with Crippen molar-refractivity contribution in [2.45, 2.75) is 0 Å². The number of halogens is 2. The lowest BCUT2D eigenvalue weighted by Gasteiger charge is -2.03. The smallest absolute Gasteiger partial charge is 0.287 e. The van der Waals surface area contributed by atoms with Crippen LogP contribution in [-0.4, -0.2) is 32.0 Å². The Hall–Kier alpha value is -1.91. The van der Waals surface area contributed by atoms with Crippen molar-refractivity contribution in [3.63, 3.8) is 0 Å². The summed E-state index contributed by atoms with van der Waals surface area (Å²) in [5.74, 6) is -0.792. The molecule has 2 N–H and O–H groups in total. The molecule has 2 amide bonds. The summed E-state index contributed by atoms with van der Waals surface area (Å²) in [4.78, 5) is 36.0. The van der Waals surface area contributed by atoms with E-state index in [0.29, 0.717) is 11.4 Å². The number of amides is 2. The Morgan fingerprint density at radius 2 is 1.88 bits per heavy atom. The molecule has 7 nitrogen and oxygen atoms in total. The highest BCUT2D eigenvalue weighted by Gasteiger charge is 2.14. The van der Waals surface area contributed by atoms with Gasteiger partial charge in [-0.05, 0) is 31.9 Å². The van der Waals surface area contributed by atoms with Gasteiger partial charge in [-0.25, -0.2) is 0 Å². The highest BCUT2D eigenvalue weighted by Crippen LogP contribution is 2.32. The van der Waals surface area contributed by atoms with Gasteiger partial charge in [-0.3, -0.25) is 14.4 Å². The first-order valence-electron chi connectivity index (χ1n) is 7.24. The van der Waals surface area contributed by atoms with Crippen molar-refractivity contribution in [1.29, 1.82) is 0 Å². The maximum atomic E-state index is 12.0. The standard InChI is InChI=1S/C16H14Br2N2O5S/c1-24-12-7-25-11(6-10(12)21)15(22)19-4-2-3-5-20-16(23)14-13(18)9(17)8-26-14/h2-3,6-8H,4-5H2,1H3,(H,19,22)(H,20,23)/b3-2-. The molecule has 0 atom stereocenters. The van der Waals surface area contributed by atoms with Crippen molar-refractivity contribution in [2.24, 2.45) is 0 Å². The number of hydrogen-bond donors (Lipinski definition) is 2. The maximum Gasteiger partial charge on any atom is 0.287 e. The highest BCUT2D eigenvalue weighted by atomic mass is 79.9. The monoisotopic (exact) mass is 504 g/mol. The SMILES string of the molecule is COc1coc(C(=O)NC/C=C\CNC(=O)c2scc(Br)c2Br)cc1=O. The summed E-state index contributed by atoms with van der Waals surface area (Å²) in [5, 5.41) is 7.13. The number of thiophene rings is 1. The molecule has 0 fully saturated rings. The molecule has 0 saturated heterocycles. The van der Waals surface area contributed by atoms with E-state index in [2.05, 4.69) is 42.5 Å². The molecule has 2 heterocycles. The maximum absolute atomic E-state index is 12.0. The molecule has 0 unspecified atom stereocenters. The summed E-state index contributed by atoms with van der Waals surface area (Å²) < 4.78 is 11.4. The van der Waals surface area contributed by atoms with E-state index < -0.39 is 11.3 Å². The third kappa shape index (κ3) is 5.29. The van der Waals surface area contributed by atoms with Gasteiger partial charge in [0, 0.05) is 29.0 Å². The first-order valence-corrected chi connectivity index (χ1v) is 9.71. The fourth-order valence-electron chi connectivity index (χ4n) is 1.78. The first-order chi connectivity index (χ1) is 12.4. The minimum Gasteiger partial charge on any atom is -0.490 e. The van der Waals surface area contributed by atoms with E-state index in [1.807, 2.05) is 5.38 Å². The zero-order valence-corrected chi connectivity index (χ0v) is 17.5. The molecule has 138 valence electrons. The molecule has 10 heteroatoms. The number of carbonyl (C=O) groups excluding carboxylic acids is 2. The van der Waals surface area contributed by atoms with E-state index in [4.69, 9.17) is 9.15 Å². The molecular weight excluding hydrogens is 492 g/mol. The average molecular weight is 506 g/mol. The molecule has 2 aromatic rings. The van der Waals surface area contributed by atoms with Crippen molar-refractivity contribution in [1.82, 2.24) is 10.6 Å². The summed E-state index contributed by atoms with van der Waals surface area (Å²) >= 11 is 7.99. The van der Waals surface area contributed by atoms with E-state index >= 15 is 0 Å². The van der Waals surface area contributed by atoms with Crippen molar-refractivity contribution >= 4 is 55.0 Å². The topological polar surface area (TPSA) is 97.6 Å². The first kappa shape index (κ1) is 20.4. The summed E-state index contributed by atoms with van der Waals surface area (Å²) in [6.45, 7) is 0.535. The van der Waals surface area contributed by atoms with Gasteiger partial charge in [0.15, 0.2) is 5.76 Å². The van der Waals surface area contributed by atoms with E-state index in [1.165, 1.54) is 18.4 Å². The van der Waals surface area contributed by atoms with Crippen LogP contribution in [0.3, 0.4) is 0 Å². The second-order valence-electron chi connectivity index (χ2n) is 4.80. The molecule has 0 bridgehead atoms. The van der Waals surface area contributed by atoms with Crippen LogP contribution in [0.15, 0.2) is 48.0 Å². The van der Waals surface area contributed by atoms with Crippen LogP contribution >= 0.6 is 43.2 Å². The Morgan fingerprint density at radius 1 is 1.23 bits per heavy atom. The number of methoxy groups -OCH3 is 1. The summed E-state index contributed by atoms with van der Waals surface area (Å²) in [6.07, 6.45) is 4.47. The Labute approximate surface area is 169 Å². The molecule has 0 radical (unpaired) electrons.